The summed E-state index contributed by atoms with van der Waals surface area (Å²) in [6, 6.07) is 13.3. The molecule has 0 saturated carbocycles. The second-order valence-electron chi connectivity index (χ2n) is 5.20. The zero-order chi connectivity index (χ0) is 18.1. The minimum atomic E-state index is -0.378. The molecule has 132 valence electrons. The first-order chi connectivity index (χ1) is 12.2. The van der Waals surface area contributed by atoms with E-state index in [1.165, 1.54) is 6.08 Å². The molecule has 0 heterocycles. The van der Waals surface area contributed by atoms with Crippen LogP contribution < -0.4 is 14.2 Å². The highest BCUT2D eigenvalue weighted by atomic mass is 16.5. The number of methoxy groups -OCH3 is 3. The van der Waals surface area contributed by atoms with Crippen LogP contribution >= 0.6 is 0 Å². The number of carbonyl (C=O) groups excluding carboxylic acids is 1. The van der Waals surface area contributed by atoms with Gasteiger partial charge in [-0.25, -0.2) is 4.79 Å². The Labute approximate surface area is 147 Å². The van der Waals surface area contributed by atoms with E-state index >= 15 is 0 Å². The molecule has 2 aromatic carbocycles. The molecule has 0 spiro atoms. The summed E-state index contributed by atoms with van der Waals surface area (Å²) < 4.78 is 21.1. The highest BCUT2D eigenvalue weighted by molar-refractivity contribution is 5.87. The van der Waals surface area contributed by atoms with Crippen molar-refractivity contribution in [2.24, 2.45) is 0 Å². The molecule has 0 bridgehead atoms. The molecule has 0 saturated heterocycles. The number of hydrogen-bond donors (Lipinski definition) is 0. The van der Waals surface area contributed by atoms with E-state index < -0.39 is 0 Å². The van der Waals surface area contributed by atoms with Crippen molar-refractivity contribution in [3.63, 3.8) is 0 Å². The summed E-state index contributed by atoms with van der Waals surface area (Å²) in [6.45, 7) is 0.261. The molecule has 0 aliphatic heterocycles. The van der Waals surface area contributed by atoms with Crippen molar-refractivity contribution in [1.29, 1.82) is 0 Å². The third-order valence-electron chi connectivity index (χ3n) is 3.57. The molecule has 0 N–H and O–H groups in total. The van der Waals surface area contributed by atoms with Crippen LogP contribution in [0.5, 0.6) is 17.2 Å². The number of carbonyl (C=O) groups is 1. The molecular formula is C20H22O5. The van der Waals surface area contributed by atoms with Crippen LogP contribution in [-0.2, 0) is 16.0 Å². The maximum Gasteiger partial charge on any atom is 0.330 e. The van der Waals surface area contributed by atoms with Gasteiger partial charge < -0.3 is 18.9 Å². The summed E-state index contributed by atoms with van der Waals surface area (Å²) >= 11 is 0. The smallest absolute Gasteiger partial charge is 0.330 e. The Hall–Kier alpha value is -2.95. The lowest BCUT2D eigenvalue weighted by molar-refractivity contribution is -0.137. The van der Waals surface area contributed by atoms with Gasteiger partial charge in [-0.1, -0.05) is 30.3 Å². The van der Waals surface area contributed by atoms with Gasteiger partial charge in [0.25, 0.3) is 0 Å². The van der Waals surface area contributed by atoms with Crippen molar-refractivity contribution in [1.82, 2.24) is 0 Å². The van der Waals surface area contributed by atoms with E-state index in [0.29, 0.717) is 23.7 Å². The Morgan fingerprint density at radius 3 is 2.16 bits per heavy atom. The van der Waals surface area contributed by atoms with Crippen LogP contribution in [0.4, 0.5) is 0 Å². The predicted molar refractivity (Wildman–Crippen MR) is 96.2 cm³/mol. The first-order valence-electron chi connectivity index (χ1n) is 7.86. The van der Waals surface area contributed by atoms with Gasteiger partial charge in [-0.2, -0.15) is 0 Å². The maximum atomic E-state index is 11.8. The topological polar surface area (TPSA) is 54.0 Å². The van der Waals surface area contributed by atoms with Crippen LogP contribution in [0.25, 0.3) is 6.08 Å². The van der Waals surface area contributed by atoms with Crippen LogP contribution in [0, 0.1) is 0 Å². The van der Waals surface area contributed by atoms with Crippen LogP contribution in [0.3, 0.4) is 0 Å². The Balaban J connectivity index is 1.93. The lowest BCUT2D eigenvalue weighted by atomic mass is 10.1. The molecule has 5 heteroatoms. The molecule has 0 unspecified atom stereocenters. The fraction of sp³-hybridized carbons (Fsp3) is 0.250. The zero-order valence-corrected chi connectivity index (χ0v) is 14.7. The van der Waals surface area contributed by atoms with Gasteiger partial charge in [0.1, 0.15) is 0 Å². The van der Waals surface area contributed by atoms with E-state index in [0.717, 1.165) is 11.1 Å². The Morgan fingerprint density at radius 1 is 0.960 bits per heavy atom. The summed E-state index contributed by atoms with van der Waals surface area (Å²) in [6.07, 6.45) is 3.69. The van der Waals surface area contributed by atoms with E-state index in [2.05, 4.69) is 0 Å². The minimum absolute atomic E-state index is 0.261. The van der Waals surface area contributed by atoms with E-state index in [9.17, 15) is 4.79 Å². The van der Waals surface area contributed by atoms with Crippen molar-refractivity contribution >= 4 is 12.0 Å². The highest BCUT2D eigenvalue weighted by Gasteiger charge is 2.13. The molecule has 0 fully saturated rings. The number of ether oxygens (including phenoxy) is 4. The summed E-state index contributed by atoms with van der Waals surface area (Å²) in [7, 11) is 4.69. The first-order valence-corrected chi connectivity index (χ1v) is 7.86. The zero-order valence-electron chi connectivity index (χ0n) is 14.7. The van der Waals surface area contributed by atoms with Crippen molar-refractivity contribution in [2.45, 2.75) is 6.42 Å². The molecule has 2 aromatic rings. The van der Waals surface area contributed by atoms with Gasteiger partial charge in [0.2, 0.25) is 5.75 Å². The van der Waals surface area contributed by atoms with Gasteiger partial charge in [0, 0.05) is 12.5 Å². The number of esters is 1. The van der Waals surface area contributed by atoms with Crippen LogP contribution in [-0.4, -0.2) is 33.9 Å². The molecule has 0 aliphatic carbocycles. The largest absolute Gasteiger partial charge is 0.493 e. The third kappa shape index (κ3) is 5.28. The van der Waals surface area contributed by atoms with Crippen LogP contribution in [0.1, 0.15) is 11.1 Å². The molecule has 5 nitrogen and oxygen atoms in total. The average Bonchev–Trinajstić information content (AvgIpc) is 2.66. The number of hydrogen-bond acceptors (Lipinski definition) is 5. The summed E-state index contributed by atoms with van der Waals surface area (Å²) in [5.74, 6) is 1.31. The quantitative estimate of drug-likeness (QED) is 0.543. The second kappa shape index (κ2) is 9.37. The molecule has 25 heavy (non-hydrogen) atoms. The average molecular weight is 342 g/mol. The van der Waals surface area contributed by atoms with Crippen LogP contribution in [0.2, 0.25) is 0 Å². The first kappa shape index (κ1) is 18.4. The van der Waals surface area contributed by atoms with E-state index in [1.807, 2.05) is 42.5 Å². The molecule has 0 amide bonds. The molecular weight excluding hydrogens is 320 g/mol. The van der Waals surface area contributed by atoms with Gasteiger partial charge in [-0.3, -0.25) is 0 Å². The van der Waals surface area contributed by atoms with Crippen molar-refractivity contribution in [3.05, 3.63) is 59.7 Å². The summed E-state index contributed by atoms with van der Waals surface area (Å²) in [4.78, 5) is 11.8. The Kier molecular flexibility index (Phi) is 6.89. The SMILES string of the molecule is COc1cc(CCOC(=O)/C=C/c2ccccc2)cc(OC)c1OC. The Bertz CT molecular complexity index is 697. The van der Waals surface area contributed by atoms with Gasteiger partial charge in [-0.05, 0) is 29.3 Å². The third-order valence-corrected chi connectivity index (χ3v) is 3.57. The maximum absolute atomic E-state index is 11.8. The van der Waals surface area contributed by atoms with Crippen molar-refractivity contribution in [2.75, 3.05) is 27.9 Å². The van der Waals surface area contributed by atoms with Gasteiger partial charge >= 0.3 is 5.97 Å². The van der Waals surface area contributed by atoms with E-state index in [-0.39, 0.29) is 12.6 Å². The normalized spacial score (nSPS) is 10.5. The lowest BCUT2D eigenvalue weighted by Gasteiger charge is -2.14. The van der Waals surface area contributed by atoms with Gasteiger partial charge in [0.15, 0.2) is 11.5 Å². The van der Waals surface area contributed by atoms with Crippen molar-refractivity contribution < 1.29 is 23.7 Å². The lowest BCUT2D eigenvalue weighted by Crippen LogP contribution is -2.05. The van der Waals surface area contributed by atoms with Gasteiger partial charge in [-0.15, -0.1) is 0 Å². The summed E-state index contributed by atoms with van der Waals surface area (Å²) in [5.41, 5.74) is 1.87. The fourth-order valence-electron chi connectivity index (χ4n) is 2.33. The monoisotopic (exact) mass is 342 g/mol. The second-order valence-corrected chi connectivity index (χ2v) is 5.20. The van der Waals surface area contributed by atoms with E-state index in [4.69, 9.17) is 18.9 Å². The van der Waals surface area contributed by atoms with Crippen molar-refractivity contribution in [3.8, 4) is 17.2 Å². The molecule has 0 atom stereocenters. The minimum Gasteiger partial charge on any atom is -0.493 e. The number of benzene rings is 2. The van der Waals surface area contributed by atoms with E-state index in [1.54, 1.807) is 27.4 Å². The standard InChI is InChI=1S/C20H22O5/c1-22-17-13-16(14-18(23-2)20(17)24-3)11-12-25-19(21)10-9-15-7-5-4-6-8-15/h4-10,13-14H,11-12H2,1-3H3/b10-9+. The Morgan fingerprint density at radius 2 is 1.60 bits per heavy atom. The highest BCUT2D eigenvalue weighted by Crippen LogP contribution is 2.38. The van der Waals surface area contributed by atoms with Crippen LogP contribution in [0.15, 0.2) is 48.5 Å². The molecule has 2 rings (SSSR count). The molecule has 0 aromatic heterocycles. The molecule has 0 radical (unpaired) electrons. The van der Waals surface area contributed by atoms with Gasteiger partial charge in [0.05, 0.1) is 27.9 Å². The molecule has 0 aliphatic rings. The summed E-state index contributed by atoms with van der Waals surface area (Å²) in [5, 5.41) is 0. The predicted octanol–water partition coefficient (Wildman–Crippen LogP) is 3.51. The fourth-order valence-corrected chi connectivity index (χ4v) is 2.33. The number of rotatable bonds is 8.